The molecule has 4 N–H and O–H groups in total. The maximum atomic E-state index is 11.6. The van der Waals surface area contributed by atoms with Gasteiger partial charge in [-0.2, -0.15) is 0 Å². The first-order valence-corrected chi connectivity index (χ1v) is 7.29. The van der Waals surface area contributed by atoms with Gasteiger partial charge in [0.1, 0.15) is 0 Å². The van der Waals surface area contributed by atoms with Gasteiger partial charge in [-0.1, -0.05) is 0 Å². The summed E-state index contributed by atoms with van der Waals surface area (Å²) in [6, 6.07) is 6.73. The number of carbonyl (C=O) groups is 1. The highest BCUT2D eigenvalue weighted by molar-refractivity contribution is 5.95. The average molecular weight is 274 g/mol. The van der Waals surface area contributed by atoms with Crippen LogP contribution in [0.4, 0.5) is 11.4 Å². The number of likely N-dealkylation sites (tertiary alicyclic amines) is 1. The van der Waals surface area contributed by atoms with Gasteiger partial charge in [0, 0.05) is 37.8 Å². The highest BCUT2D eigenvalue weighted by Gasteiger charge is 2.34. The molecule has 1 saturated carbocycles. The molecule has 1 aromatic rings. The van der Waals surface area contributed by atoms with E-state index in [1.807, 2.05) is 12.1 Å². The fourth-order valence-corrected chi connectivity index (χ4v) is 2.88. The third-order valence-corrected chi connectivity index (χ3v) is 4.18. The Morgan fingerprint density at radius 3 is 2.80 bits per heavy atom. The third kappa shape index (κ3) is 2.72. The lowest BCUT2D eigenvalue weighted by Gasteiger charge is -2.18. The van der Waals surface area contributed by atoms with Gasteiger partial charge in [0.25, 0.3) is 5.91 Å². The Morgan fingerprint density at radius 2 is 2.15 bits per heavy atom. The zero-order valence-corrected chi connectivity index (χ0v) is 11.9. The summed E-state index contributed by atoms with van der Waals surface area (Å²) < 4.78 is 0. The van der Waals surface area contributed by atoms with Crippen molar-refractivity contribution in [3.63, 3.8) is 0 Å². The van der Waals surface area contributed by atoms with Crippen LogP contribution >= 0.6 is 0 Å². The fraction of sp³-hybridized carbons (Fsp3) is 0.533. The van der Waals surface area contributed by atoms with Crippen LogP contribution in [-0.4, -0.2) is 43.0 Å². The summed E-state index contributed by atoms with van der Waals surface area (Å²) in [5, 5.41) is 6.11. The van der Waals surface area contributed by atoms with Crippen molar-refractivity contribution in [3.8, 4) is 0 Å². The highest BCUT2D eigenvalue weighted by atomic mass is 16.1. The topological polar surface area (TPSA) is 70.4 Å². The van der Waals surface area contributed by atoms with E-state index in [2.05, 4.69) is 15.5 Å². The van der Waals surface area contributed by atoms with E-state index in [9.17, 15) is 4.79 Å². The van der Waals surface area contributed by atoms with E-state index in [0.717, 1.165) is 24.7 Å². The summed E-state index contributed by atoms with van der Waals surface area (Å²) in [7, 11) is 1.62. The predicted octanol–water partition coefficient (Wildman–Crippen LogP) is 1.28. The van der Waals surface area contributed by atoms with Crippen molar-refractivity contribution in [1.29, 1.82) is 0 Å². The molecule has 0 aromatic heterocycles. The molecule has 1 atom stereocenters. The zero-order chi connectivity index (χ0) is 14.1. The summed E-state index contributed by atoms with van der Waals surface area (Å²) in [5.74, 6) is -0.107. The smallest absolute Gasteiger partial charge is 0.251 e. The lowest BCUT2D eigenvalue weighted by atomic mass is 10.1. The molecule has 2 fully saturated rings. The Hall–Kier alpha value is -1.75. The molecule has 2 aliphatic rings. The molecule has 3 rings (SSSR count). The number of nitrogens with two attached hydrogens (primary N) is 1. The number of nitrogen functional groups attached to an aromatic ring is 1. The molecule has 0 spiro atoms. The number of rotatable bonds is 4. The van der Waals surface area contributed by atoms with Crippen LogP contribution in [-0.2, 0) is 0 Å². The molecule has 1 heterocycles. The number of carbonyl (C=O) groups excluding carboxylic acids is 1. The number of nitrogens with one attached hydrogen (secondary N) is 2. The number of amides is 1. The summed E-state index contributed by atoms with van der Waals surface area (Å²) in [4.78, 5) is 14.1. The van der Waals surface area contributed by atoms with Gasteiger partial charge in [-0.15, -0.1) is 0 Å². The maximum absolute atomic E-state index is 11.6. The Balaban J connectivity index is 1.64. The quantitative estimate of drug-likeness (QED) is 0.723. The van der Waals surface area contributed by atoms with Crippen LogP contribution in [0.3, 0.4) is 0 Å². The van der Waals surface area contributed by atoms with Crippen LogP contribution in [0.25, 0.3) is 0 Å². The van der Waals surface area contributed by atoms with Crippen LogP contribution in [0.1, 0.15) is 29.6 Å². The van der Waals surface area contributed by atoms with Crippen LogP contribution < -0.4 is 16.4 Å². The van der Waals surface area contributed by atoms with Crippen molar-refractivity contribution in [2.75, 3.05) is 31.2 Å². The van der Waals surface area contributed by atoms with E-state index in [-0.39, 0.29) is 5.91 Å². The molecular weight excluding hydrogens is 252 g/mol. The summed E-state index contributed by atoms with van der Waals surface area (Å²) in [6.07, 6.45) is 3.87. The predicted molar refractivity (Wildman–Crippen MR) is 80.9 cm³/mol. The van der Waals surface area contributed by atoms with Gasteiger partial charge >= 0.3 is 0 Å². The van der Waals surface area contributed by atoms with Crippen molar-refractivity contribution in [1.82, 2.24) is 10.2 Å². The molecule has 1 unspecified atom stereocenters. The Bertz CT molecular complexity index is 513. The lowest BCUT2D eigenvalue weighted by Crippen LogP contribution is -2.28. The van der Waals surface area contributed by atoms with Crippen LogP contribution in [0.2, 0.25) is 0 Å². The summed E-state index contributed by atoms with van der Waals surface area (Å²) >= 11 is 0. The van der Waals surface area contributed by atoms with Crippen LogP contribution in [0.5, 0.6) is 0 Å². The summed E-state index contributed by atoms with van der Waals surface area (Å²) in [6.45, 7) is 2.28. The van der Waals surface area contributed by atoms with Crippen LogP contribution in [0, 0.1) is 0 Å². The number of nitrogens with zero attached hydrogens (tertiary/aromatic N) is 1. The lowest BCUT2D eigenvalue weighted by molar-refractivity contribution is 0.0963. The van der Waals surface area contributed by atoms with Crippen molar-refractivity contribution >= 4 is 17.3 Å². The van der Waals surface area contributed by atoms with Gasteiger partial charge < -0.3 is 16.4 Å². The summed E-state index contributed by atoms with van der Waals surface area (Å²) in [5.41, 5.74) is 8.21. The second-order valence-electron chi connectivity index (χ2n) is 5.74. The molecule has 0 bridgehead atoms. The first kappa shape index (κ1) is 13.2. The van der Waals surface area contributed by atoms with Crippen LogP contribution in [0.15, 0.2) is 18.2 Å². The van der Waals surface area contributed by atoms with Gasteiger partial charge in [-0.05, 0) is 37.5 Å². The fourth-order valence-electron chi connectivity index (χ4n) is 2.88. The van der Waals surface area contributed by atoms with Crippen molar-refractivity contribution < 1.29 is 4.79 Å². The maximum Gasteiger partial charge on any atom is 0.251 e. The molecule has 5 heteroatoms. The van der Waals surface area contributed by atoms with Gasteiger partial charge in [0.05, 0.1) is 11.4 Å². The minimum atomic E-state index is -0.107. The second kappa shape index (κ2) is 5.32. The molecule has 1 saturated heterocycles. The van der Waals surface area contributed by atoms with E-state index in [4.69, 9.17) is 5.73 Å². The third-order valence-electron chi connectivity index (χ3n) is 4.18. The Morgan fingerprint density at radius 1 is 1.35 bits per heavy atom. The van der Waals surface area contributed by atoms with E-state index in [1.54, 1.807) is 13.1 Å². The van der Waals surface area contributed by atoms with E-state index >= 15 is 0 Å². The van der Waals surface area contributed by atoms with Gasteiger partial charge in [-0.3, -0.25) is 9.69 Å². The Kier molecular flexibility index (Phi) is 3.53. The number of anilines is 2. The zero-order valence-electron chi connectivity index (χ0n) is 11.9. The first-order chi connectivity index (χ1) is 9.67. The monoisotopic (exact) mass is 274 g/mol. The molecule has 1 aliphatic heterocycles. The SMILES string of the molecule is CNC(=O)c1ccc(NC2CCN(C3CC3)C2)c(N)c1. The molecule has 5 nitrogen and oxygen atoms in total. The molecule has 0 radical (unpaired) electrons. The largest absolute Gasteiger partial charge is 0.397 e. The standard InChI is InChI=1S/C15H22N4O/c1-17-15(20)10-2-5-14(13(16)8-10)18-11-6-7-19(9-11)12-3-4-12/h2,5,8,11-12,18H,3-4,6-7,9,16H2,1H3,(H,17,20). The molecule has 1 aromatic carbocycles. The highest BCUT2D eigenvalue weighted by Crippen LogP contribution is 2.31. The molecule has 1 aliphatic carbocycles. The molecule has 108 valence electrons. The van der Waals surface area contributed by atoms with Gasteiger partial charge in [-0.25, -0.2) is 0 Å². The van der Waals surface area contributed by atoms with Gasteiger partial charge in [0.2, 0.25) is 0 Å². The Labute approximate surface area is 119 Å². The van der Waals surface area contributed by atoms with Crippen molar-refractivity contribution in [2.45, 2.75) is 31.3 Å². The van der Waals surface area contributed by atoms with Crippen molar-refractivity contribution in [2.24, 2.45) is 0 Å². The molecular formula is C15H22N4O. The second-order valence-corrected chi connectivity index (χ2v) is 5.74. The number of hydrogen-bond donors (Lipinski definition) is 3. The van der Waals surface area contributed by atoms with Gasteiger partial charge in [0.15, 0.2) is 0 Å². The van der Waals surface area contributed by atoms with Crippen molar-refractivity contribution in [3.05, 3.63) is 23.8 Å². The molecule has 1 amide bonds. The first-order valence-electron chi connectivity index (χ1n) is 7.29. The van der Waals surface area contributed by atoms with E-state index in [0.29, 0.717) is 17.3 Å². The normalized spacial score (nSPS) is 22.8. The average Bonchev–Trinajstić information content (AvgIpc) is 3.20. The molecule has 20 heavy (non-hydrogen) atoms. The minimum Gasteiger partial charge on any atom is -0.397 e. The number of benzene rings is 1. The minimum absolute atomic E-state index is 0.107. The van der Waals surface area contributed by atoms with E-state index in [1.165, 1.54) is 19.4 Å². The van der Waals surface area contributed by atoms with E-state index < -0.39 is 0 Å². The number of hydrogen-bond acceptors (Lipinski definition) is 4.